The van der Waals surface area contributed by atoms with Crippen LogP contribution in [0.25, 0.3) is 0 Å². The first-order valence-electron chi connectivity index (χ1n) is 4.21. The number of hydrogen-bond acceptors (Lipinski definition) is 3. The highest BCUT2D eigenvalue weighted by atomic mass is 35.5. The smallest absolute Gasteiger partial charge is 0.307 e. The predicted molar refractivity (Wildman–Crippen MR) is 62.3 cm³/mol. The fraction of sp³-hybridized carbons (Fsp3) is 0.300. The van der Waals surface area contributed by atoms with Gasteiger partial charge < -0.3 is 10.5 Å². The van der Waals surface area contributed by atoms with Crippen LogP contribution in [-0.4, -0.2) is 13.1 Å². The van der Waals surface area contributed by atoms with Crippen LogP contribution in [0.5, 0.6) is 0 Å². The first kappa shape index (κ1) is 14.2. The Morgan fingerprint density at radius 1 is 1.60 bits per heavy atom. The lowest BCUT2D eigenvalue weighted by atomic mass is 10.1. The van der Waals surface area contributed by atoms with Crippen LogP contribution in [0.15, 0.2) is 24.3 Å². The van der Waals surface area contributed by atoms with Gasteiger partial charge in [0.05, 0.1) is 13.5 Å². The van der Waals surface area contributed by atoms with Crippen LogP contribution < -0.4 is 5.73 Å². The van der Waals surface area contributed by atoms with E-state index in [0.717, 1.165) is 5.56 Å². The van der Waals surface area contributed by atoms with Crippen molar-refractivity contribution in [3.05, 3.63) is 34.9 Å². The van der Waals surface area contributed by atoms with Gasteiger partial charge in [-0.1, -0.05) is 23.7 Å². The van der Waals surface area contributed by atoms with Crippen LogP contribution >= 0.6 is 24.0 Å². The lowest BCUT2D eigenvalue weighted by molar-refractivity contribution is -0.141. The number of hydrogen-bond donors (Lipinski definition) is 1. The molecule has 0 aliphatic heterocycles. The second-order valence-electron chi connectivity index (χ2n) is 2.94. The summed E-state index contributed by atoms with van der Waals surface area (Å²) < 4.78 is 4.52. The van der Waals surface area contributed by atoms with Crippen LogP contribution in [0.4, 0.5) is 0 Å². The summed E-state index contributed by atoms with van der Waals surface area (Å²) in [5.41, 5.74) is 6.62. The zero-order chi connectivity index (χ0) is 10.6. The Morgan fingerprint density at radius 2 is 2.27 bits per heavy atom. The number of nitrogens with two attached hydrogens (primary N) is 1. The van der Waals surface area contributed by atoms with Crippen molar-refractivity contribution in [3.63, 3.8) is 0 Å². The van der Waals surface area contributed by atoms with Crippen LogP contribution in [0.1, 0.15) is 18.0 Å². The van der Waals surface area contributed by atoms with Gasteiger partial charge in [0.1, 0.15) is 0 Å². The number of esters is 1. The molecule has 84 valence electrons. The van der Waals surface area contributed by atoms with Gasteiger partial charge in [-0.2, -0.15) is 0 Å². The molecule has 5 heteroatoms. The number of ether oxygens (including phenoxy) is 1. The zero-order valence-electron chi connectivity index (χ0n) is 8.27. The number of carbonyl (C=O) groups is 1. The first-order chi connectivity index (χ1) is 6.63. The van der Waals surface area contributed by atoms with Crippen molar-refractivity contribution in [3.8, 4) is 0 Å². The van der Waals surface area contributed by atoms with E-state index in [1.165, 1.54) is 7.11 Å². The van der Waals surface area contributed by atoms with Gasteiger partial charge in [-0.3, -0.25) is 4.79 Å². The van der Waals surface area contributed by atoms with Crippen LogP contribution in [0.2, 0.25) is 5.02 Å². The van der Waals surface area contributed by atoms with Crippen molar-refractivity contribution in [2.24, 2.45) is 5.73 Å². The van der Waals surface area contributed by atoms with E-state index in [2.05, 4.69) is 4.74 Å². The average molecular weight is 250 g/mol. The molecule has 15 heavy (non-hydrogen) atoms. The van der Waals surface area contributed by atoms with Gasteiger partial charge in [0, 0.05) is 11.1 Å². The third kappa shape index (κ3) is 4.51. The van der Waals surface area contributed by atoms with Gasteiger partial charge in [0.15, 0.2) is 0 Å². The molecule has 1 atom stereocenters. The van der Waals surface area contributed by atoms with Crippen LogP contribution in [0, 0.1) is 0 Å². The van der Waals surface area contributed by atoms with Crippen molar-refractivity contribution in [2.75, 3.05) is 7.11 Å². The fourth-order valence-corrected chi connectivity index (χ4v) is 1.32. The van der Waals surface area contributed by atoms with Crippen molar-refractivity contribution >= 4 is 30.0 Å². The average Bonchev–Trinajstić information content (AvgIpc) is 2.17. The molecule has 0 aliphatic rings. The standard InChI is InChI=1S/C10H12ClNO2.ClH/c1-14-10(13)6-9(12)7-3-2-4-8(11)5-7;/h2-5,9H,6,12H2,1H3;1H/t9-;/m0./s1. The highest BCUT2D eigenvalue weighted by Gasteiger charge is 2.11. The van der Waals surface area contributed by atoms with Gasteiger partial charge in [-0.15, -0.1) is 12.4 Å². The molecule has 1 rings (SSSR count). The molecular weight excluding hydrogens is 237 g/mol. The Kier molecular flexibility index (Phi) is 6.32. The summed E-state index contributed by atoms with van der Waals surface area (Å²) in [7, 11) is 1.34. The van der Waals surface area contributed by atoms with Gasteiger partial charge in [0.2, 0.25) is 0 Å². The molecule has 0 unspecified atom stereocenters. The second kappa shape index (κ2) is 6.67. The van der Waals surface area contributed by atoms with Gasteiger partial charge in [-0.25, -0.2) is 0 Å². The lowest BCUT2D eigenvalue weighted by Crippen LogP contribution is -2.16. The summed E-state index contributed by atoms with van der Waals surface area (Å²) in [5, 5.41) is 0.614. The molecule has 0 spiro atoms. The second-order valence-corrected chi connectivity index (χ2v) is 3.38. The van der Waals surface area contributed by atoms with Crippen LogP contribution in [0.3, 0.4) is 0 Å². The van der Waals surface area contributed by atoms with Crippen molar-refractivity contribution in [1.29, 1.82) is 0 Å². The summed E-state index contributed by atoms with van der Waals surface area (Å²) in [4.78, 5) is 10.9. The van der Waals surface area contributed by atoms with Crippen molar-refractivity contribution in [2.45, 2.75) is 12.5 Å². The van der Waals surface area contributed by atoms with E-state index >= 15 is 0 Å². The molecule has 0 saturated heterocycles. The summed E-state index contributed by atoms with van der Waals surface area (Å²) in [6, 6.07) is 6.78. The summed E-state index contributed by atoms with van der Waals surface area (Å²) >= 11 is 5.79. The molecule has 3 nitrogen and oxygen atoms in total. The highest BCUT2D eigenvalue weighted by molar-refractivity contribution is 6.30. The Labute approximate surface area is 100.0 Å². The van der Waals surface area contributed by atoms with E-state index in [9.17, 15) is 4.79 Å². The number of rotatable bonds is 3. The Balaban J connectivity index is 0.00000196. The quantitative estimate of drug-likeness (QED) is 0.837. The maximum absolute atomic E-state index is 10.9. The summed E-state index contributed by atoms with van der Waals surface area (Å²) in [6.07, 6.45) is 0.164. The van der Waals surface area contributed by atoms with Gasteiger partial charge >= 0.3 is 5.97 Å². The van der Waals surface area contributed by atoms with E-state index < -0.39 is 0 Å². The summed E-state index contributed by atoms with van der Waals surface area (Å²) in [6.45, 7) is 0. The van der Waals surface area contributed by atoms with E-state index in [-0.39, 0.29) is 30.8 Å². The molecule has 1 aromatic carbocycles. The largest absolute Gasteiger partial charge is 0.469 e. The predicted octanol–water partition coefficient (Wildman–Crippen LogP) is 2.32. The molecule has 2 N–H and O–H groups in total. The minimum absolute atomic E-state index is 0. The maximum atomic E-state index is 10.9. The zero-order valence-corrected chi connectivity index (χ0v) is 9.85. The Hall–Kier alpha value is -0.770. The number of halogens is 2. The molecule has 0 radical (unpaired) electrons. The minimum atomic E-state index is -0.360. The molecule has 0 heterocycles. The Bertz CT molecular complexity index is 331. The first-order valence-corrected chi connectivity index (χ1v) is 4.59. The molecule has 0 bridgehead atoms. The normalized spacial score (nSPS) is 11.4. The highest BCUT2D eigenvalue weighted by Crippen LogP contribution is 2.18. The molecule has 0 aromatic heterocycles. The number of methoxy groups -OCH3 is 1. The van der Waals surface area contributed by atoms with Gasteiger partial charge in [-0.05, 0) is 17.7 Å². The maximum Gasteiger partial charge on any atom is 0.307 e. The fourth-order valence-electron chi connectivity index (χ4n) is 1.12. The molecule has 0 fully saturated rings. The van der Waals surface area contributed by atoms with Crippen LogP contribution in [-0.2, 0) is 9.53 Å². The van der Waals surface area contributed by atoms with E-state index in [1.54, 1.807) is 18.2 Å². The molecule has 0 saturated carbocycles. The molecule has 0 aliphatic carbocycles. The number of carbonyl (C=O) groups excluding carboxylic acids is 1. The number of benzene rings is 1. The minimum Gasteiger partial charge on any atom is -0.469 e. The monoisotopic (exact) mass is 249 g/mol. The van der Waals surface area contributed by atoms with E-state index in [1.807, 2.05) is 6.07 Å². The third-order valence-electron chi connectivity index (χ3n) is 1.89. The van der Waals surface area contributed by atoms with Crippen molar-refractivity contribution < 1.29 is 9.53 Å². The molecule has 0 amide bonds. The topological polar surface area (TPSA) is 52.3 Å². The Morgan fingerprint density at radius 3 is 2.80 bits per heavy atom. The summed E-state index contributed by atoms with van der Waals surface area (Å²) in [5.74, 6) is -0.322. The van der Waals surface area contributed by atoms with E-state index in [4.69, 9.17) is 17.3 Å². The van der Waals surface area contributed by atoms with Crippen molar-refractivity contribution in [1.82, 2.24) is 0 Å². The third-order valence-corrected chi connectivity index (χ3v) is 2.13. The SMILES string of the molecule is COC(=O)C[C@H](N)c1cccc(Cl)c1.Cl. The lowest BCUT2D eigenvalue weighted by Gasteiger charge is -2.10. The molecule has 1 aromatic rings. The van der Waals surface area contributed by atoms with E-state index in [0.29, 0.717) is 5.02 Å². The van der Waals surface area contributed by atoms with Gasteiger partial charge in [0.25, 0.3) is 0 Å². The molecular formula is C10H13Cl2NO2.